The molecule has 0 aliphatic carbocycles. The molecule has 5 nitrogen and oxygen atoms in total. The summed E-state index contributed by atoms with van der Waals surface area (Å²) in [5, 5.41) is 16.1. The maximum atomic E-state index is 9.00. The number of rotatable bonds is 2. The summed E-state index contributed by atoms with van der Waals surface area (Å²) < 4.78 is 1.89. The molecule has 1 unspecified atom stereocenters. The van der Waals surface area contributed by atoms with Gasteiger partial charge in [-0.15, -0.1) is 0 Å². The van der Waals surface area contributed by atoms with Crippen LogP contribution < -0.4 is 0 Å². The summed E-state index contributed by atoms with van der Waals surface area (Å²) >= 11 is 0. The number of hydrogen-bond acceptors (Lipinski definition) is 3. The minimum Gasteiger partial charge on any atom is -0.481 e. The highest BCUT2D eigenvalue weighted by Crippen LogP contribution is 2.14. The standard InChI is InChI=1S/C8H11N3.C2H4O2/c1-3-7(6-9)8-10-4-5-11(8)2;1-2(3)4/h4-5,7H,3H2,1-2H3;1H3,(H,3,4). The molecule has 0 spiro atoms. The molecule has 0 radical (unpaired) electrons. The third-order valence-electron chi connectivity index (χ3n) is 1.73. The SMILES string of the molecule is CC(=O)O.CCC(C#N)c1nccn1C. The Morgan fingerprint density at radius 2 is 2.33 bits per heavy atom. The van der Waals surface area contributed by atoms with Gasteiger partial charge in [-0.25, -0.2) is 4.98 Å². The summed E-state index contributed by atoms with van der Waals surface area (Å²) in [6.45, 7) is 3.07. The highest BCUT2D eigenvalue weighted by atomic mass is 16.4. The number of imidazole rings is 1. The van der Waals surface area contributed by atoms with Crippen molar-refractivity contribution in [2.75, 3.05) is 0 Å². The molecule has 1 aromatic heterocycles. The van der Waals surface area contributed by atoms with Gasteiger partial charge in [0.05, 0.1) is 6.07 Å². The van der Waals surface area contributed by atoms with Gasteiger partial charge in [-0.05, 0) is 6.42 Å². The first-order valence-electron chi connectivity index (χ1n) is 4.59. The molecular weight excluding hydrogens is 194 g/mol. The van der Waals surface area contributed by atoms with Crippen molar-refractivity contribution in [1.29, 1.82) is 5.26 Å². The van der Waals surface area contributed by atoms with Crippen LogP contribution in [0.15, 0.2) is 12.4 Å². The first-order chi connectivity index (χ1) is 7.02. The predicted octanol–water partition coefficient (Wildman–Crippen LogP) is 1.53. The summed E-state index contributed by atoms with van der Waals surface area (Å²) in [6.07, 6.45) is 4.39. The van der Waals surface area contributed by atoms with Crippen LogP contribution in [-0.4, -0.2) is 20.6 Å². The summed E-state index contributed by atoms with van der Waals surface area (Å²) in [5.41, 5.74) is 0. The lowest BCUT2D eigenvalue weighted by atomic mass is 10.1. The summed E-state index contributed by atoms with van der Waals surface area (Å²) in [6, 6.07) is 2.21. The van der Waals surface area contributed by atoms with E-state index in [2.05, 4.69) is 11.1 Å². The molecule has 1 rings (SSSR count). The first kappa shape index (κ1) is 13.2. The smallest absolute Gasteiger partial charge is 0.300 e. The molecule has 1 aromatic rings. The van der Waals surface area contributed by atoms with E-state index < -0.39 is 5.97 Å². The van der Waals surface area contributed by atoms with E-state index in [1.165, 1.54) is 0 Å². The molecule has 1 heterocycles. The largest absolute Gasteiger partial charge is 0.481 e. The predicted molar refractivity (Wildman–Crippen MR) is 55.2 cm³/mol. The molecule has 0 saturated carbocycles. The van der Waals surface area contributed by atoms with Crippen LogP contribution in [0.3, 0.4) is 0 Å². The number of aliphatic carboxylic acids is 1. The fourth-order valence-electron chi connectivity index (χ4n) is 1.04. The van der Waals surface area contributed by atoms with Gasteiger partial charge in [-0.1, -0.05) is 6.92 Å². The molecule has 1 atom stereocenters. The molecule has 1 N–H and O–H groups in total. The average molecular weight is 209 g/mol. The van der Waals surface area contributed by atoms with Crippen LogP contribution in [-0.2, 0) is 11.8 Å². The monoisotopic (exact) mass is 209 g/mol. The fraction of sp³-hybridized carbons (Fsp3) is 0.500. The topological polar surface area (TPSA) is 78.9 Å². The maximum absolute atomic E-state index is 9.00. The van der Waals surface area contributed by atoms with Crippen molar-refractivity contribution in [3.8, 4) is 6.07 Å². The highest BCUT2D eigenvalue weighted by Gasteiger charge is 2.11. The zero-order valence-electron chi connectivity index (χ0n) is 9.14. The van der Waals surface area contributed by atoms with Gasteiger partial charge in [-0.3, -0.25) is 4.79 Å². The van der Waals surface area contributed by atoms with E-state index in [0.717, 1.165) is 19.2 Å². The second kappa shape index (κ2) is 6.60. The van der Waals surface area contributed by atoms with Gasteiger partial charge < -0.3 is 9.67 Å². The van der Waals surface area contributed by atoms with Gasteiger partial charge in [-0.2, -0.15) is 5.26 Å². The second-order valence-electron chi connectivity index (χ2n) is 3.01. The average Bonchev–Trinajstić information content (AvgIpc) is 2.54. The number of carboxylic acids is 1. The minimum atomic E-state index is -0.833. The van der Waals surface area contributed by atoms with E-state index in [0.29, 0.717) is 0 Å². The van der Waals surface area contributed by atoms with Crippen LogP contribution in [0.4, 0.5) is 0 Å². The van der Waals surface area contributed by atoms with Crippen molar-refractivity contribution in [2.45, 2.75) is 26.2 Å². The molecule has 82 valence electrons. The Bertz CT molecular complexity index is 348. The minimum absolute atomic E-state index is 0.0602. The van der Waals surface area contributed by atoms with Crippen LogP contribution in [0.25, 0.3) is 0 Å². The number of carboxylic acid groups (broad SMARTS) is 1. The lowest BCUT2D eigenvalue weighted by Gasteiger charge is -2.04. The summed E-state index contributed by atoms with van der Waals surface area (Å²) in [7, 11) is 1.91. The van der Waals surface area contributed by atoms with E-state index in [1.807, 2.05) is 24.7 Å². The van der Waals surface area contributed by atoms with Gasteiger partial charge in [0.1, 0.15) is 11.7 Å². The van der Waals surface area contributed by atoms with Crippen LogP contribution in [0.5, 0.6) is 0 Å². The van der Waals surface area contributed by atoms with Crippen LogP contribution in [0, 0.1) is 11.3 Å². The Labute approximate surface area is 89.0 Å². The molecule has 0 bridgehead atoms. The Kier molecular flexibility index (Phi) is 5.79. The Balaban J connectivity index is 0.000000423. The van der Waals surface area contributed by atoms with E-state index in [4.69, 9.17) is 15.2 Å². The van der Waals surface area contributed by atoms with Crippen molar-refractivity contribution in [2.24, 2.45) is 7.05 Å². The number of hydrogen-bond donors (Lipinski definition) is 1. The highest BCUT2D eigenvalue weighted by molar-refractivity contribution is 5.62. The number of nitrogens with zero attached hydrogens (tertiary/aromatic N) is 3. The van der Waals surface area contributed by atoms with E-state index in [9.17, 15) is 0 Å². The van der Waals surface area contributed by atoms with E-state index >= 15 is 0 Å². The fourth-order valence-corrected chi connectivity index (χ4v) is 1.04. The van der Waals surface area contributed by atoms with Gasteiger partial charge in [0.25, 0.3) is 5.97 Å². The van der Waals surface area contributed by atoms with Gasteiger partial charge in [0.2, 0.25) is 0 Å². The molecule has 0 fully saturated rings. The summed E-state index contributed by atoms with van der Waals surface area (Å²) in [4.78, 5) is 13.1. The lowest BCUT2D eigenvalue weighted by Crippen LogP contribution is -2.02. The van der Waals surface area contributed by atoms with Crippen molar-refractivity contribution in [1.82, 2.24) is 9.55 Å². The van der Waals surface area contributed by atoms with E-state index in [1.54, 1.807) is 6.20 Å². The zero-order chi connectivity index (χ0) is 11.8. The molecule has 0 aliphatic rings. The molecule has 15 heavy (non-hydrogen) atoms. The Morgan fingerprint density at radius 3 is 2.60 bits per heavy atom. The maximum Gasteiger partial charge on any atom is 0.300 e. The van der Waals surface area contributed by atoms with Crippen molar-refractivity contribution in [3.63, 3.8) is 0 Å². The van der Waals surface area contributed by atoms with Crippen LogP contribution in [0.1, 0.15) is 32.0 Å². The number of aryl methyl sites for hydroxylation is 1. The van der Waals surface area contributed by atoms with Crippen molar-refractivity contribution < 1.29 is 9.90 Å². The number of aromatic nitrogens is 2. The third kappa shape index (κ3) is 4.81. The molecule has 0 aliphatic heterocycles. The van der Waals surface area contributed by atoms with Crippen LogP contribution in [0.2, 0.25) is 0 Å². The zero-order valence-corrected chi connectivity index (χ0v) is 9.14. The van der Waals surface area contributed by atoms with Crippen molar-refractivity contribution in [3.05, 3.63) is 18.2 Å². The van der Waals surface area contributed by atoms with Crippen molar-refractivity contribution >= 4 is 5.97 Å². The molecule has 0 saturated heterocycles. The Hall–Kier alpha value is -1.83. The first-order valence-corrected chi connectivity index (χ1v) is 4.59. The van der Waals surface area contributed by atoms with E-state index in [-0.39, 0.29) is 5.92 Å². The second-order valence-corrected chi connectivity index (χ2v) is 3.01. The van der Waals surface area contributed by atoms with Gasteiger partial charge in [0, 0.05) is 26.4 Å². The molecule has 0 amide bonds. The molecule has 5 heteroatoms. The number of carbonyl (C=O) groups is 1. The quantitative estimate of drug-likeness (QED) is 0.801. The van der Waals surface area contributed by atoms with Gasteiger partial charge >= 0.3 is 0 Å². The molecular formula is C10H15N3O2. The Morgan fingerprint density at radius 1 is 1.80 bits per heavy atom. The summed E-state index contributed by atoms with van der Waals surface area (Å²) in [5.74, 6) is -0.0370. The normalized spacial score (nSPS) is 10.8. The number of nitriles is 1. The lowest BCUT2D eigenvalue weighted by molar-refractivity contribution is -0.134. The van der Waals surface area contributed by atoms with Gasteiger partial charge in [0.15, 0.2) is 0 Å². The third-order valence-corrected chi connectivity index (χ3v) is 1.73. The van der Waals surface area contributed by atoms with Crippen LogP contribution >= 0.6 is 0 Å². The molecule has 0 aromatic carbocycles.